The van der Waals surface area contributed by atoms with Gasteiger partial charge in [-0.25, -0.2) is 4.79 Å². The number of carbonyl (C=O) groups excluding carboxylic acids is 2. The van der Waals surface area contributed by atoms with Crippen LogP contribution in [0, 0.1) is 0 Å². The Labute approximate surface area is 161 Å². The molecule has 1 fully saturated rings. The molecule has 2 atom stereocenters. The Kier molecular flexibility index (Phi) is 4.92. The number of rotatable bonds is 4. The standard InChI is InChI=1S/C19H21N3O4S/c1-11-18(19(24)25-2)14(12-5-6-15-16(8-12)21-27-20-15)9-17(23)22(11)10-13-4-3-7-26-13/h5-6,8,13-14H,3-4,7,9-10H2,1-2H3/t13-,14+/m0/s1. The number of carbonyl (C=O) groups is 2. The quantitative estimate of drug-likeness (QED) is 0.750. The van der Waals surface area contributed by atoms with E-state index in [2.05, 4.69) is 8.75 Å². The lowest BCUT2D eigenvalue weighted by Crippen LogP contribution is -2.42. The molecule has 27 heavy (non-hydrogen) atoms. The van der Waals surface area contributed by atoms with Gasteiger partial charge < -0.3 is 14.4 Å². The van der Waals surface area contributed by atoms with Crippen LogP contribution in [0.3, 0.4) is 0 Å². The van der Waals surface area contributed by atoms with Gasteiger partial charge in [-0.15, -0.1) is 0 Å². The predicted octanol–water partition coefficient (Wildman–Crippen LogP) is 2.63. The molecule has 0 saturated carbocycles. The summed E-state index contributed by atoms with van der Waals surface area (Å²) in [5.74, 6) is -0.757. The van der Waals surface area contributed by atoms with Crippen LogP contribution in [-0.2, 0) is 19.1 Å². The van der Waals surface area contributed by atoms with Gasteiger partial charge in [0.2, 0.25) is 5.91 Å². The second-order valence-electron chi connectivity index (χ2n) is 6.90. The molecule has 0 unspecified atom stereocenters. The van der Waals surface area contributed by atoms with Crippen molar-refractivity contribution in [2.75, 3.05) is 20.3 Å². The first-order chi connectivity index (χ1) is 13.1. The summed E-state index contributed by atoms with van der Waals surface area (Å²) in [6.45, 7) is 3.02. The number of amides is 1. The number of aromatic nitrogens is 2. The Morgan fingerprint density at radius 2 is 2.19 bits per heavy atom. The summed E-state index contributed by atoms with van der Waals surface area (Å²) in [5, 5.41) is 0. The maximum absolute atomic E-state index is 12.9. The lowest BCUT2D eigenvalue weighted by atomic mass is 9.83. The third-order valence-corrected chi connectivity index (χ3v) is 5.88. The number of allylic oxidation sites excluding steroid dienone is 1. The molecule has 0 aliphatic carbocycles. The number of ether oxygens (including phenoxy) is 2. The minimum Gasteiger partial charge on any atom is -0.466 e. The minimum atomic E-state index is -0.404. The van der Waals surface area contributed by atoms with E-state index in [9.17, 15) is 9.59 Å². The first-order valence-electron chi connectivity index (χ1n) is 9.01. The van der Waals surface area contributed by atoms with E-state index in [-0.39, 0.29) is 24.3 Å². The number of hydrogen-bond acceptors (Lipinski definition) is 7. The Balaban J connectivity index is 1.73. The zero-order valence-electron chi connectivity index (χ0n) is 15.3. The average molecular weight is 387 g/mol. The van der Waals surface area contributed by atoms with Crippen LogP contribution in [0.2, 0.25) is 0 Å². The van der Waals surface area contributed by atoms with Crippen molar-refractivity contribution in [3.63, 3.8) is 0 Å². The molecule has 1 amide bonds. The molecule has 0 N–H and O–H groups in total. The van der Waals surface area contributed by atoms with Crippen molar-refractivity contribution in [1.82, 2.24) is 13.6 Å². The minimum absolute atomic E-state index is 0.00264. The molecule has 142 valence electrons. The van der Waals surface area contributed by atoms with Gasteiger partial charge in [-0.3, -0.25) is 4.79 Å². The van der Waals surface area contributed by atoms with Crippen LogP contribution >= 0.6 is 11.7 Å². The fraction of sp³-hybridized carbons (Fsp3) is 0.474. The average Bonchev–Trinajstić information content (AvgIpc) is 3.35. The Hall–Kier alpha value is -2.32. The van der Waals surface area contributed by atoms with Gasteiger partial charge in [0, 0.05) is 24.6 Å². The molecule has 2 aliphatic rings. The second kappa shape index (κ2) is 7.36. The van der Waals surface area contributed by atoms with E-state index in [1.54, 1.807) is 4.90 Å². The highest BCUT2D eigenvalue weighted by molar-refractivity contribution is 7.00. The second-order valence-corrected chi connectivity index (χ2v) is 7.43. The van der Waals surface area contributed by atoms with Crippen molar-refractivity contribution in [2.24, 2.45) is 0 Å². The van der Waals surface area contributed by atoms with Gasteiger partial charge in [-0.1, -0.05) is 6.07 Å². The monoisotopic (exact) mass is 387 g/mol. The van der Waals surface area contributed by atoms with Crippen LogP contribution in [0.5, 0.6) is 0 Å². The molecular weight excluding hydrogens is 366 g/mol. The number of nitrogens with zero attached hydrogens (tertiary/aromatic N) is 3. The first kappa shape index (κ1) is 18.1. The molecular formula is C19H21N3O4S. The molecule has 1 aromatic carbocycles. The lowest BCUT2D eigenvalue weighted by molar-refractivity contribution is -0.138. The van der Waals surface area contributed by atoms with Gasteiger partial charge in [-0.05, 0) is 37.5 Å². The Morgan fingerprint density at radius 1 is 1.37 bits per heavy atom. The van der Waals surface area contributed by atoms with Crippen LogP contribution in [0.1, 0.15) is 37.7 Å². The van der Waals surface area contributed by atoms with E-state index in [0.29, 0.717) is 17.8 Å². The maximum Gasteiger partial charge on any atom is 0.336 e. The zero-order valence-corrected chi connectivity index (χ0v) is 16.1. The van der Waals surface area contributed by atoms with Gasteiger partial charge in [0.15, 0.2) is 0 Å². The normalized spacial score (nSPS) is 23.3. The molecule has 0 spiro atoms. The summed E-state index contributed by atoms with van der Waals surface area (Å²) in [4.78, 5) is 27.2. The van der Waals surface area contributed by atoms with Gasteiger partial charge in [0.1, 0.15) is 11.0 Å². The molecule has 7 nitrogen and oxygen atoms in total. The summed E-state index contributed by atoms with van der Waals surface area (Å²) in [6.07, 6.45) is 2.18. The summed E-state index contributed by atoms with van der Waals surface area (Å²) in [5.41, 5.74) is 3.63. The topological polar surface area (TPSA) is 81.6 Å². The highest BCUT2D eigenvalue weighted by atomic mass is 32.1. The van der Waals surface area contributed by atoms with Crippen molar-refractivity contribution in [3.8, 4) is 0 Å². The van der Waals surface area contributed by atoms with Crippen molar-refractivity contribution in [2.45, 2.75) is 38.2 Å². The molecule has 1 aromatic heterocycles. The largest absolute Gasteiger partial charge is 0.466 e. The van der Waals surface area contributed by atoms with Crippen molar-refractivity contribution in [1.29, 1.82) is 0 Å². The van der Waals surface area contributed by atoms with Crippen LogP contribution in [0.4, 0.5) is 0 Å². The fourth-order valence-electron chi connectivity index (χ4n) is 3.90. The number of esters is 1. The van der Waals surface area contributed by atoms with Crippen LogP contribution in [0.25, 0.3) is 11.0 Å². The van der Waals surface area contributed by atoms with E-state index < -0.39 is 5.97 Å². The number of hydrogen-bond donors (Lipinski definition) is 0. The van der Waals surface area contributed by atoms with Gasteiger partial charge in [0.05, 0.1) is 37.1 Å². The molecule has 0 radical (unpaired) electrons. The van der Waals surface area contributed by atoms with Gasteiger partial charge in [0.25, 0.3) is 0 Å². The van der Waals surface area contributed by atoms with E-state index >= 15 is 0 Å². The molecule has 2 aliphatic heterocycles. The van der Waals surface area contributed by atoms with E-state index in [1.807, 2.05) is 25.1 Å². The van der Waals surface area contributed by atoms with Crippen molar-refractivity contribution < 1.29 is 19.1 Å². The summed E-state index contributed by atoms with van der Waals surface area (Å²) in [6, 6.07) is 5.69. The molecule has 0 bridgehead atoms. The lowest BCUT2D eigenvalue weighted by Gasteiger charge is -2.35. The van der Waals surface area contributed by atoms with Gasteiger partial charge in [-0.2, -0.15) is 8.75 Å². The number of fused-ring (bicyclic) bond motifs is 1. The van der Waals surface area contributed by atoms with Gasteiger partial charge >= 0.3 is 5.97 Å². The SMILES string of the molecule is COC(=O)C1=C(C)N(C[C@@H]2CCCO2)C(=O)C[C@@H]1c1ccc2nsnc2c1. The van der Waals surface area contributed by atoms with Crippen molar-refractivity contribution >= 4 is 34.6 Å². The predicted molar refractivity (Wildman–Crippen MR) is 100 cm³/mol. The molecule has 8 heteroatoms. The Bertz CT molecular complexity index is 917. The summed E-state index contributed by atoms with van der Waals surface area (Å²) < 4.78 is 19.2. The van der Waals surface area contributed by atoms with E-state index in [0.717, 1.165) is 47.8 Å². The van der Waals surface area contributed by atoms with E-state index in [4.69, 9.17) is 9.47 Å². The maximum atomic E-state index is 12.9. The van der Waals surface area contributed by atoms with Crippen LogP contribution in [0.15, 0.2) is 29.5 Å². The van der Waals surface area contributed by atoms with E-state index in [1.165, 1.54) is 7.11 Å². The van der Waals surface area contributed by atoms with Crippen LogP contribution < -0.4 is 0 Å². The molecule has 4 rings (SSSR count). The fourth-order valence-corrected chi connectivity index (χ4v) is 4.42. The Morgan fingerprint density at radius 3 is 2.93 bits per heavy atom. The third-order valence-electron chi connectivity index (χ3n) is 5.32. The summed E-state index contributed by atoms with van der Waals surface area (Å²) >= 11 is 1.15. The highest BCUT2D eigenvalue weighted by Gasteiger charge is 2.38. The smallest absolute Gasteiger partial charge is 0.336 e. The molecule has 2 aromatic rings. The van der Waals surface area contributed by atoms with Crippen LogP contribution in [-0.4, -0.2) is 51.9 Å². The zero-order chi connectivity index (χ0) is 19.0. The molecule has 3 heterocycles. The molecule has 1 saturated heterocycles. The highest BCUT2D eigenvalue weighted by Crippen LogP contribution is 2.38. The summed E-state index contributed by atoms with van der Waals surface area (Å²) in [7, 11) is 1.37. The third kappa shape index (κ3) is 3.35. The number of benzene rings is 1. The first-order valence-corrected chi connectivity index (χ1v) is 9.74. The van der Waals surface area contributed by atoms with Crippen molar-refractivity contribution in [3.05, 3.63) is 35.0 Å². The number of methoxy groups -OCH3 is 1.